The number of hydrogen-bond donors (Lipinski definition) is 1. The molecule has 0 radical (unpaired) electrons. The number of hydrogen-bond acceptors (Lipinski definition) is 2. The summed E-state index contributed by atoms with van der Waals surface area (Å²) in [5.41, 5.74) is 4.20. The summed E-state index contributed by atoms with van der Waals surface area (Å²) < 4.78 is 38.1. The molecule has 2 rings (SSSR count). The van der Waals surface area contributed by atoms with Gasteiger partial charge in [0.25, 0.3) is 0 Å². The van der Waals surface area contributed by atoms with Gasteiger partial charge >= 0.3 is 6.18 Å². The Morgan fingerprint density at radius 2 is 1.58 bits per heavy atom. The fraction of sp³-hybridized carbons (Fsp3) is 0.0714. The van der Waals surface area contributed by atoms with Crippen LogP contribution in [0.3, 0.4) is 0 Å². The predicted octanol–water partition coefficient (Wildman–Crippen LogP) is 3.52. The first-order valence-corrected chi connectivity index (χ1v) is 5.46. The Morgan fingerprint density at radius 3 is 2.16 bits per heavy atom. The van der Waals surface area contributed by atoms with Crippen LogP contribution in [0.1, 0.15) is 21.5 Å². The standard InChI is InChI=1S/C14H10F3NO/c15-14(16,17)11-8-10(6-7-12(11)18)13(19)9-4-2-1-3-5-9/h1-8H,18H2. The molecule has 5 heteroatoms. The molecule has 0 aromatic heterocycles. The lowest BCUT2D eigenvalue weighted by atomic mass is 10.0. The molecule has 0 fully saturated rings. The van der Waals surface area contributed by atoms with Crippen molar-refractivity contribution in [1.29, 1.82) is 0 Å². The lowest BCUT2D eigenvalue weighted by Gasteiger charge is -2.11. The molecule has 98 valence electrons. The zero-order valence-electron chi connectivity index (χ0n) is 9.74. The van der Waals surface area contributed by atoms with E-state index in [2.05, 4.69) is 0 Å². The molecule has 0 saturated heterocycles. The molecule has 0 spiro atoms. The highest BCUT2D eigenvalue weighted by Gasteiger charge is 2.33. The van der Waals surface area contributed by atoms with Crippen molar-refractivity contribution in [2.75, 3.05) is 5.73 Å². The lowest BCUT2D eigenvalue weighted by molar-refractivity contribution is -0.136. The van der Waals surface area contributed by atoms with Crippen LogP contribution in [-0.2, 0) is 6.18 Å². The van der Waals surface area contributed by atoms with Crippen molar-refractivity contribution in [3.05, 3.63) is 65.2 Å². The molecule has 0 unspecified atom stereocenters. The summed E-state index contributed by atoms with van der Waals surface area (Å²) in [5, 5.41) is 0. The second kappa shape index (κ2) is 4.76. The van der Waals surface area contributed by atoms with E-state index in [-0.39, 0.29) is 5.56 Å². The molecule has 0 bridgehead atoms. The summed E-state index contributed by atoms with van der Waals surface area (Å²) in [5.74, 6) is -0.467. The van der Waals surface area contributed by atoms with E-state index in [1.807, 2.05) is 0 Å². The number of nitrogens with two attached hydrogens (primary N) is 1. The summed E-state index contributed by atoms with van der Waals surface area (Å²) in [7, 11) is 0. The molecule has 2 aromatic rings. The van der Waals surface area contributed by atoms with E-state index >= 15 is 0 Å². The maximum Gasteiger partial charge on any atom is 0.418 e. The first-order valence-electron chi connectivity index (χ1n) is 5.46. The fourth-order valence-corrected chi connectivity index (χ4v) is 1.70. The molecule has 2 aromatic carbocycles. The second-order valence-electron chi connectivity index (χ2n) is 3.99. The van der Waals surface area contributed by atoms with Crippen LogP contribution in [0.2, 0.25) is 0 Å². The van der Waals surface area contributed by atoms with E-state index in [1.165, 1.54) is 6.07 Å². The van der Waals surface area contributed by atoms with Gasteiger partial charge in [-0.05, 0) is 18.2 Å². The molecule has 0 saturated carbocycles. The fourth-order valence-electron chi connectivity index (χ4n) is 1.70. The van der Waals surface area contributed by atoms with E-state index in [0.29, 0.717) is 5.56 Å². The lowest BCUT2D eigenvalue weighted by Crippen LogP contribution is -2.11. The maximum atomic E-state index is 12.7. The maximum absolute atomic E-state index is 12.7. The van der Waals surface area contributed by atoms with Gasteiger partial charge in [0, 0.05) is 16.8 Å². The van der Waals surface area contributed by atoms with E-state index in [1.54, 1.807) is 30.3 Å². The molecule has 2 nitrogen and oxygen atoms in total. The summed E-state index contributed by atoms with van der Waals surface area (Å²) in [6.45, 7) is 0. The largest absolute Gasteiger partial charge is 0.418 e. The molecular formula is C14H10F3NO. The molecular weight excluding hydrogens is 255 g/mol. The molecule has 0 atom stereocenters. The Hall–Kier alpha value is -2.30. The molecule has 0 heterocycles. The van der Waals surface area contributed by atoms with E-state index < -0.39 is 23.2 Å². The molecule has 2 N–H and O–H groups in total. The Labute approximate surface area is 107 Å². The monoisotopic (exact) mass is 265 g/mol. The Bertz CT molecular complexity index is 606. The van der Waals surface area contributed by atoms with E-state index in [0.717, 1.165) is 12.1 Å². The smallest absolute Gasteiger partial charge is 0.398 e. The average molecular weight is 265 g/mol. The minimum atomic E-state index is -4.57. The van der Waals surface area contributed by atoms with Gasteiger partial charge < -0.3 is 5.73 Å². The van der Waals surface area contributed by atoms with Crippen LogP contribution in [0.5, 0.6) is 0 Å². The van der Waals surface area contributed by atoms with Crippen molar-refractivity contribution in [1.82, 2.24) is 0 Å². The van der Waals surface area contributed by atoms with Gasteiger partial charge in [-0.2, -0.15) is 13.2 Å². The van der Waals surface area contributed by atoms with Gasteiger partial charge in [-0.3, -0.25) is 4.79 Å². The van der Waals surface area contributed by atoms with Crippen molar-refractivity contribution >= 4 is 11.5 Å². The summed E-state index contributed by atoms with van der Waals surface area (Å²) in [6.07, 6.45) is -4.57. The van der Waals surface area contributed by atoms with Crippen LogP contribution in [0.15, 0.2) is 48.5 Å². The van der Waals surface area contributed by atoms with Crippen molar-refractivity contribution < 1.29 is 18.0 Å². The quantitative estimate of drug-likeness (QED) is 0.667. The van der Waals surface area contributed by atoms with Gasteiger partial charge in [-0.15, -0.1) is 0 Å². The summed E-state index contributed by atoms with van der Waals surface area (Å²) >= 11 is 0. The Morgan fingerprint density at radius 1 is 0.947 bits per heavy atom. The normalized spacial score (nSPS) is 11.3. The van der Waals surface area contributed by atoms with Gasteiger partial charge in [0.1, 0.15) is 0 Å². The Kier molecular flexibility index (Phi) is 3.29. The number of halogens is 3. The number of alkyl halides is 3. The van der Waals surface area contributed by atoms with Crippen LogP contribution in [0, 0.1) is 0 Å². The minimum Gasteiger partial charge on any atom is -0.398 e. The number of carbonyl (C=O) groups excluding carboxylic acids is 1. The van der Waals surface area contributed by atoms with Crippen molar-refractivity contribution in [2.24, 2.45) is 0 Å². The van der Waals surface area contributed by atoms with Crippen molar-refractivity contribution in [3.8, 4) is 0 Å². The van der Waals surface area contributed by atoms with E-state index in [9.17, 15) is 18.0 Å². The third-order valence-electron chi connectivity index (χ3n) is 2.66. The topological polar surface area (TPSA) is 43.1 Å². The zero-order chi connectivity index (χ0) is 14.0. The number of ketones is 1. The third kappa shape index (κ3) is 2.76. The van der Waals surface area contributed by atoms with E-state index in [4.69, 9.17) is 5.73 Å². The van der Waals surface area contributed by atoms with Crippen LogP contribution < -0.4 is 5.73 Å². The minimum absolute atomic E-state index is 0.0345. The van der Waals surface area contributed by atoms with Gasteiger partial charge in [0.2, 0.25) is 0 Å². The first-order chi connectivity index (χ1) is 8.89. The Balaban J connectivity index is 2.45. The van der Waals surface area contributed by atoms with Crippen molar-refractivity contribution in [2.45, 2.75) is 6.18 Å². The third-order valence-corrected chi connectivity index (χ3v) is 2.66. The highest BCUT2D eigenvalue weighted by atomic mass is 19.4. The molecule has 0 aliphatic rings. The SMILES string of the molecule is Nc1ccc(C(=O)c2ccccc2)cc1C(F)(F)F. The average Bonchev–Trinajstić information content (AvgIpc) is 2.38. The summed E-state index contributed by atoms with van der Waals surface area (Å²) in [4.78, 5) is 12.0. The van der Waals surface area contributed by atoms with Crippen LogP contribution in [0.4, 0.5) is 18.9 Å². The highest BCUT2D eigenvalue weighted by Crippen LogP contribution is 2.34. The van der Waals surface area contributed by atoms with Crippen LogP contribution in [0.25, 0.3) is 0 Å². The van der Waals surface area contributed by atoms with Crippen LogP contribution >= 0.6 is 0 Å². The zero-order valence-corrected chi connectivity index (χ0v) is 9.74. The van der Waals surface area contributed by atoms with Crippen LogP contribution in [-0.4, -0.2) is 5.78 Å². The summed E-state index contributed by atoms with van der Waals surface area (Å²) in [6, 6.07) is 11.3. The number of anilines is 1. The molecule has 0 aliphatic heterocycles. The van der Waals surface area contributed by atoms with Gasteiger partial charge in [0.05, 0.1) is 5.56 Å². The highest BCUT2D eigenvalue weighted by molar-refractivity contribution is 6.09. The molecule has 0 amide bonds. The molecule has 0 aliphatic carbocycles. The van der Waals surface area contributed by atoms with Gasteiger partial charge in [-0.25, -0.2) is 0 Å². The second-order valence-corrected chi connectivity index (χ2v) is 3.99. The predicted molar refractivity (Wildman–Crippen MR) is 65.7 cm³/mol. The number of rotatable bonds is 2. The number of carbonyl (C=O) groups is 1. The number of nitrogen functional groups attached to an aromatic ring is 1. The van der Waals surface area contributed by atoms with Gasteiger partial charge in [-0.1, -0.05) is 30.3 Å². The van der Waals surface area contributed by atoms with Gasteiger partial charge in [0.15, 0.2) is 5.78 Å². The molecule has 19 heavy (non-hydrogen) atoms. The number of benzene rings is 2. The van der Waals surface area contributed by atoms with Crippen molar-refractivity contribution in [3.63, 3.8) is 0 Å². The first kappa shape index (κ1) is 13.1.